The van der Waals surface area contributed by atoms with Crippen LogP contribution in [0.4, 0.5) is 39.7 Å². The van der Waals surface area contributed by atoms with Crippen LogP contribution in [-0.2, 0) is 13.2 Å². The van der Waals surface area contributed by atoms with Gasteiger partial charge in [-0.1, -0.05) is 5.16 Å². The van der Waals surface area contributed by atoms with Gasteiger partial charge in [-0.2, -0.15) is 13.2 Å². The van der Waals surface area contributed by atoms with Crippen molar-refractivity contribution in [2.75, 3.05) is 23.0 Å². The van der Waals surface area contributed by atoms with E-state index in [9.17, 15) is 27.2 Å². The Hall–Kier alpha value is -4.42. The molecule has 1 aromatic carbocycles. The van der Waals surface area contributed by atoms with Crippen molar-refractivity contribution in [2.24, 2.45) is 7.05 Å². The molecule has 35 heavy (non-hydrogen) atoms. The number of carbonyl (C=O) groups excluding carboxylic acids is 1. The van der Waals surface area contributed by atoms with E-state index in [1.54, 1.807) is 39.3 Å². The molecular formula is C22H18F4N6O3. The quantitative estimate of drug-likeness (QED) is 0.356. The summed E-state index contributed by atoms with van der Waals surface area (Å²) in [7, 11) is 3.29. The van der Waals surface area contributed by atoms with Gasteiger partial charge in [-0.15, -0.1) is 0 Å². The van der Waals surface area contributed by atoms with Gasteiger partial charge in [0, 0.05) is 43.4 Å². The van der Waals surface area contributed by atoms with E-state index >= 15 is 0 Å². The summed E-state index contributed by atoms with van der Waals surface area (Å²) in [5.41, 5.74) is -0.358. The number of carbonyl (C=O) groups is 1. The van der Waals surface area contributed by atoms with Gasteiger partial charge in [-0.25, -0.2) is 14.2 Å². The molecule has 13 heteroatoms. The van der Waals surface area contributed by atoms with Gasteiger partial charge < -0.3 is 19.7 Å². The van der Waals surface area contributed by atoms with Crippen LogP contribution < -0.4 is 21.5 Å². The molecule has 3 aromatic heterocycles. The number of hydrogen-bond donors (Lipinski definition) is 3. The largest absolute Gasteiger partial charge is 0.436 e. The van der Waals surface area contributed by atoms with Crippen molar-refractivity contribution >= 4 is 34.3 Å². The van der Waals surface area contributed by atoms with Crippen LogP contribution in [0.3, 0.4) is 0 Å². The Bertz CT molecular complexity index is 1510. The topological polar surface area (TPSA) is 114 Å². The van der Waals surface area contributed by atoms with Crippen LogP contribution in [-0.4, -0.2) is 27.8 Å². The molecule has 0 aliphatic heterocycles. The van der Waals surface area contributed by atoms with Gasteiger partial charge in [0.25, 0.3) is 5.56 Å². The zero-order chi connectivity index (χ0) is 25.5. The number of hydrogen-bond acceptors (Lipinski definition) is 6. The first-order valence-corrected chi connectivity index (χ1v) is 10.1. The van der Waals surface area contributed by atoms with E-state index < -0.39 is 29.6 Å². The van der Waals surface area contributed by atoms with E-state index in [4.69, 9.17) is 0 Å². The minimum absolute atomic E-state index is 0.241. The number of benzene rings is 1. The molecule has 9 nitrogen and oxygen atoms in total. The predicted octanol–water partition coefficient (Wildman–Crippen LogP) is 4.74. The average Bonchev–Trinajstić information content (AvgIpc) is 3.27. The standard InChI is InChI=1S/C22H18F4N6O3/c1-10-4-14(23)15(29-21(34)30-19-8-17(31-35-19)22(24,25)26)6-12(10)13-5-11-9-28-18(27-2)7-16(11)32(3)20(13)33/h4-9H,1-3H3,(H,27,28)(H2,29,30,34). The van der Waals surface area contributed by atoms with E-state index in [0.717, 1.165) is 6.07 Å². The fourth-order valence-corrected chi connectivity index (χ4v) is 3.49. The third-order valence-corrected chi connectivity index (χ3v) is 5.25. The highest BCUT2D eigenvalue weighted by molar-refractivity contribution is 5.99. The molecule has 2 amide bonds. The third kappa shape index (κ3) is 4.65. The van der Waals surface area contributed by atoms with Crippen molar-refractivity contribution in [3.63, 3.8) is 0 Å². The summed E-state index contributed by atoms with van der Waals surface area (Å²) >= 11 is 0. The van der Waals surface area contributed by atoms with E-state index in [0.29, 0.717) is 33.9 Å². The molecule has 0 saturated heterocycles. The number of nitrogens with zero attached hydrogens (tertiary/aromatic N) is 3. The predicted molar refractivity (Wildman–Crippen MR) is 121 cm³/mol. The zero-order valence-electron chi connectivity index (χ0n) is 18.5. The van der Waals surface area contributed by atoms with Crippen LogP contribution in [0, 0.1) is 12.7 Å². The van der Waals surface area contributed by atoms with Gasteiger partial charge in [0.2, 0.25) is 5.88 Å². The summed E-state index contributed by atoms with van der Waals surface area (Å²) in [6.07, 6.45) is -3.17. The minimum Gasteiger partial charge on any atom is -0.373 e. The first-order valence-electron chi connectivity index (χ1n) is 10.1. The number of pyridine rings is 2. The van der Waals surface area contributed by atoms with Crippen molar-refractivity contribution < 1.29 is 26.9 Å². The molecular weight excluding hydrogens is 472 g/mol. The van der Waals surface area contributed by atoms with Crippen LogP contribution in [0.5, 0.6) is 0 Å². The van der Waals surface area contributed by atoms with Gasteiger partial charge in [-0.05, 0) is 36.2 Å². The summed E-state index contributed by atoms with van der Waals surface area (Å²) in [4.78, 5) is 29.6. The first-order chi connectivity index (χ1) is 16.5. The van der Waals surface area contributed by atoms with E-state index in [-0.39, 0.29) is 16.8 Å². The van der Waals surface area contributed by atoms with Crippen molar-refractivity contribution in [2.45, 2.75) is 13.1 Å². The zero-order valence-corrected chi connectivity index (χ0v) is 18.5. The normalized spacial score (nSPS) is 11.5. The van der Waals surface area contributed by atoms with Crippen molar-refractivity contribution in [1.82, 2.24) is 14.7 Å². The van der Waals surface area contributed by atoms with Crippen molar-refractivity contribution in [3.8, 4) is 11.1 Å². The SMILES string of the molecule is CNc1cc2c(cn1)cc(-c1cc(NC(=O)Nc3cc(C(F)(F)F)no3)c(F)cc1C)c(=O)n2C. The van der Waals surface area contributed by atoms with E-state index in [1.165, 1.54) is 10.6 Å². The van der Waals surface area contributed by atoms with Gasteiger partial charge in [0.15, 0.2) is 5.69 Å². The Labute approximate surface area is 194 Å². The lowest BCUT2D eigenvalue weighted by molar-refractivity contribution is -0.142. The Morgan fingerprint density at radius 1 is 1.09 bits per heavy atom. The average molecular weight is 490 g/mol. The summed E-state index contributed by atoms with van der Waals surface area (Å²) in [6.45, 7) is 1.60. The fourth-order valence-electron chi connectivity index (χ4n) is 3.49. The molecule has 4 rings (SSSR count). The third-order valence-electron chi connectivity index (χ3n) is 5.25. The first kappa shape index (κ1) is 23.7. The Kier molecular flexibility index (Phi) is 5.92. The lowest BCUT2D eigenvalue weighted by Gasteiger charge is -2.14. The molecule has 0 fully saturated rings. The lowest BCUT2D eigenvalue weighted by atomic mass is 9.99. The smallest absolute Gasteiger partial charge is 0.373 e. The molecule has 0 unspecified atom stereocenters. The van der Waals surface area contributed by atoms with Crippen LogP contribution in [0.15, 0.2) is 45.8 Å². The molecule has 0 bridgehead atoms. The Morgan fingerprint density at radius 2 is 1.83 bits per heavy atom. The number of fused-ring (bicyclic) bond motifs is 1. The second-order valence-corrected chi connectivity index (χ2v) is 7.60. The summed E-state index contributed by atoms with van der Waals surface area (Å²) in [6, 6.07) is 5.14. The summed E-state index contributed by atoms with van der Waals surface area (Å²) in [5, 5.41) is 10.6. The van der Waals surface area contributed by atoms with Crippen molar-refractivity contribution in [3.05, 3.63) is 64.0 Å². The number of nitrogens with one attached hydrogen (secondary N) is 3. The maximum atomic E-state index is 14.6. The number of alkyl halides is 3. The monoisotopic (exact) mass is 490 g/mol. The van der Waals surface area contributed by atoms with Crippen LogP contribution in [0.1, 0.15) is 11.3 Å². The highest BCUT2D eigenvalue weighted by Crippen LogP contribution is 2.31. The number of aryl methyl sites for hydroxylation is 2. The van der Waals surface area contributed by atoms with Crippen LogP contribution in [0.2, 0.25) is 0 Å². The van der Waals surface area contributed by atoms with E-state index in [1.807, 2.05) is 5.32 Å². The molecule has 0 aliphatic carbocycles. The highest BCUT2D eigenvalue weighted by Gasteiger charge is 2.35. The number of amides is 2. The van der Waals surface area contributed by atoms with Crippen LogP contribution in [0.25, 0.3) is 22.0 Å². The van der Waals surface area contributed by atoms with Crippen LogP contribution >= 0.6 is 0 Å². The van der Waals surface area contributed by atoms with Crippen molar-refractivity contribution in [1.29, 1.82) is 0 Å². The number of anilines is 3. The molecule has 182 valence electrons. The molecule has 4 aromatic rings. The van der Waals surface area contributed by atoms with Gasteiger partial charge in [-0.3, -0.25) is 10.1 Å². The Balaban J connectivity index is 1.67. The summed E-state index contributed by atoms with van der Waals surface area (Å²) in [5.74, 6) is -0.822. The maximum absolute atomic E-state index is 14.6. The number of urea groups is 1. The Morgan fingerprint density at radius 3 is 2.49 bits per heavy atom. The number of halogens is 4. The fraction of sp³-hybridized carbons (Fsp3) is 0.182. The maximum Gasteiger partial charge on any atom is 0.436 e. The second kappa shape index (κ2) is 8.74. The van der Waals surface area contributed by atoms with Gasteiger partial charge in [0.1, 0.15) is 11.6 Å². The highest BCUT2D eigenvalue weighted by atomic mass is 19.4. The molecule has 3 heterocycles. The van der Waals surface area contributed by atoms with Gasteiger partial charge >= 0.3 is 12.2 Å². The summed E-state index contributed by atoms with van der Waals surface area (Å²) < 4.78 is 58.4. The number of rotatable bonds is 4. The molecule has 0 spiro atoms. The second-order valence-electron chi connectivity index (χ2n) is 7.60. The molecule has 0 atom stereocenters. The molecule has 0 saturated carbocycles. The molecule has 0 radical (unpaired) electrons. The molecule has 3 N–H and O–H groups in total. The number of aromatic nitrogens is 3. The molecule has 0 aliphatic rings. The van der Waals surface area contributed by atoms with E-state index in [2.05, 4.69) is 25.3 Å². The minimum atomic E-state index is -4.76. The van der Waals surface area contributed by atoms with Gasteiger partial charge in [0.05, 0.1) is 11.2 Å². The lowest BCUT2D eigenvalue weighted by Crippen LogP contribution is -2.21.